The van der Waals surface area contributed by atoms with Gasteiger partial charge in [-0.3, -0.25) is 9.48 Å². The number of hydrogen-bond donors (Lipinski definition) is 0. The van der Waals surface area contributed by atoms with E-state index in [1.54, 1.807) is 4.90 Å². The number of carbonyl (C=O) groups excluding carboxylic acids is 1. The number of rotatable bonds is 2. The van der Waals surface area contributed by atoms with Crippen molar-refractivity contribution < 1.29 is 22.7 Å². The summed E-state index contributed by atoms with van der Waals surface area (Å²) < 4.78 is 44.5. The Labute approximate surface area is 124 Å². The van der Waals surface area contributed by atoms with Gasteiger partial charge in [0.05, 0.1) is 23.9 Å². The molecule has 0 unspecified atom stereocenters. The molecule has 0 spiro atoms. The second-order valence-electron chi connectivity index (χ2n) is 4.80. The molecule has 0 N–H and O–H groups in total. The minimum atomic E-state index is -4.64. The van der Waals surface area contributed by atoms with Crippen LogP contribution in [0.5, 0.6) is 0 Å². The standard InChI is InChI=1S/C12H15ClF3N3O2/c1-7-9(13)10(12(14,15)16)17-19(7)8(2)11(20)18-3-5-21-6-4-18/h8H,3-6H2,1-2H3/t8-/m0/s1. The molecular formula is C12H15ClF3N3O2. The van der Waals surface area contributed by atoms with Crippen LogP contribution in [0.1, 0.15) is 24.4 Å². The van der Waals surface area contributed by atoms with Crippen molar-refractivity contribution in [3.63, 3.8) is 0 Å². The number of carbonyl (C=O) groups is 1. The molecule has 2 rings (SSSR count). The minimum Gasteiger partial charge on any atom is -0.378 e. The van der Waals surface area contributed by atoms with Crippen LogP contribution in [-0.2, 0) is 15.7 Å². The van der Waals surface area contributed by atoms with Gasteiger partial charge in [0.15, 0.2) is 5.69 Å². The Kier molecular flexibility index (Phi) is 4.48. The fourth-order valence-corrected chi connectivity index (χ4v) is 2.44. The molecule has 1 aliphatic rings. The molecule has 9 heteroatoms. The average Bonchev–Trinajstić information content (AvgIpc) is 2.74. The quantitative estimate of drug-likeness (QED) is 0.838. The maximum atomic E-state index is 12.8. The lowest BCUT2D eigenvalue weighted by atomic mass is 10.2. The maximum absolute atomic E-state index is 12.8. The van der Waals surface area contributed by atoms with Gasteiger partial charge in [-0.05, 0) is 13.8 Å². The summed E-state index contributed by atoms with van der Waals surface area (Å²) in [7, 11) is 0. The van der Waals surface area contributed by atoms with E-state index >= 15 is 0 Å². The van der Waals surface area contributed by atoms with Crippen molar-refractivity contribution >= 4 is 17.5 Å². The van der Waals surface area contributed by atoms with Crippen LogP contribution < -0.4 is 0 Å². The molecule has 0 aliphatic carbocycles. The molecule has 1 atom stereocenters. The van der Waals surface area contributed by atoms with Gasteiger partial charge >= 0.3 is 6.18 Å². The number of nitrogens with zero attached hydrogens (tertiary/aromatic N) is 3. The molecule has 1 fully saturated rings. The molecule has 1 aromatic rings. The van der Waals surface area contributed by atoms with E-state index in [9.17, 15) is 18.0 Å². The first kappa shape index (κ1) is 16.1. The third kappa shape index (κ3) is 3.16. The van der Waals surface area contributed by atoms with Crippen LogP contribution in [0.2, 0.25) is 5.02 Å². The predicted octanol–water partition coefficient (Wildman–Crippen LogP) is 2.28. The fraction of sp³-hybridized carbons (Fsp3) is 0.667. The lowest BCUT2D eigenvalue weighted by Gasteiger charge is -2.29. The normalized spacial score (nSPS) is 17.9. The van der Waals surface area contributed by atoms with Crippen molar-refractivity contribution in [2.75, 3.05) is 26.3 Å². The molecule has 5 nitrogen and oxygen atoms in total. The second-order valence-corrected chi connectivity index (χ2v) is 5.18. The van der Waals surface area contributed by atoms with E-state index in [-0.39, 0.29) is 11.6 Å². The van der Waals surface area contributed by atoms with Crippen molar-refractivity contribution in [2.45, 2.75) is 26.1 Å². The second kappa shape index (κ2) is 5.84. The third-order valence-corrected chi connectivity index (χ3v) is 3.84. The summed E-state index contributed by atoms with van der Waals surface area (Å²) in [5.74, 6) is -0.297. The van der Waals surface area contributed by atoms with Crippen molar-refractivity contribution in [2.24, 2.45) is 0 Å². The monoisotopic (exact) mass is 325 g/mol. The summed E-state index contributed by atoms with van der Waals surface area (Å²) in [4.78, 5) is 13.9. The van der Waals surface area contributed by atoms with Crippen molar-refractivity contribution in [1.29, 1.82) is 0 Å². The van der Waals surface area contributed by atoms with E-state index in [0.717, 1.165) is 4.68 Å². The molecule has 118 valence electrons. The smallest absolute Gasteiger partial charge is 0.378 e. The van der Waals surface area contributed by atoms with Gasteiger partial charge in [0, 0.05) is 13.1 Å². The van der Waals surface area contributed by atoms with Crippen molar-refractivity contribution in [1.82, 2.24) is 14.7 Å². The SMILES string of the molecule is Cc1c(Cl)c(C(F)(F)F)nn1[C@@H](C)C(=O)N1CCOCC1. The predicted molar refractivity (Wildman–Crippen MR) is 69.1 cm³/mol. The topological polar surface area (TPSA) is 47.4 Å². The summed E-state index contributed by atoms with van der Waals surface area (Å²) in [5, 5.41) is 3.01. The van der Waals surface area contributed by atoms with Gasteiger partial charge in [-0.25, -0.2) is 0 Å². The zero-order valence-electron chi connectivity index (χ0n) is 11.6. The summed E-state index contributed by atoms with van der Waals surface area (Å²) in [5.41, 5.74) is -1.04. The van der Waals surface area contributed by atoms with Crippen LogP contribution in [0.15, 0.2) is 0 Å². The maximum Gasteiger partial charge on any atom is 0.436 e. The molecule has 0 saturated carbocycles. The highest BCUT2D eigenvalue weighted by Crippen LogP contribution is 2.36. The van der Waals surface area contributed by atoms with Gasteiger partial charge in [0.1, 0.15) is 6.04 Å². The Morgan fingerprint density at radius 2 is 1.95 bits per heavy atom. The summed E-state index contributed by atoms with van der Waals surface area (Å²) in [6, 6.07) is -0.850. The minimum absolute atomic E-state index is 0.123. The van der Waals surface area contributed by atoms with Gasteiger partial charge in [-0.15, -0.1) is 0 Å². The van der Waals surface area contributed by atoms with Crippen LogP contribution in [0.4, 0.5) is 13.2 Å². The van der Waals surface area contributed by atoms with Crippen molar-refractivity contribution in [3.05, 3.63) is 16.4 Å². The van der Waals surface area contributed by atoms with Crippen molar-refractivity contribution in [3.8, 4) is 0 Å². The molecule has 0 aromatic carbocycles. The number of alkyl halides is 3. The molecule has 1 amide bonds. The first-order chi connectivity index (χ1) is 9.73. The highest BCUT2D eigenvalue weighted by molar-refractivity contribution is 6.32. The third-order valence-electron chi connectivity index (χ3n) is 3.39. The number of ether oxygens (including phenoxy) is 1. The largest absolute Gasteiger partial charge is 0.436 e. The van der Waals surface area contributed by atoms with E-state index in [2.05, 4.69) is 5.10 Å². The highest BCUT2D eigenvalue weighted by Gasteiger charge is 2.39. The molecule has 1 saturated heterocycles. The Hall–Kier alpha value is -1.28. The van der Waals surface area contributed by atoms with Crippen LogP contribution in [0, 0.1) is 6.92 Å². The molecule has 2 heterocycles. The first-order valence-corrected chi connectivity index (χ1v) is 6.79. The lowest BCUT2D eigenvalue weighted by Crippen LogP contribution is -2.44. The van der Waals surface area contributed by atoms with E-state index < -0.39 is 22.9 Å². The van der Waals surface area contributed by atoms with E-state index in [1.807, 2.05) is 0 Å². The number of aromatic nitrogens is 2. The average molecular weight is 326 g/mol. The molecule has 1 aromatic heterocycles. The number of morpholine rings is 1. The van der Waals surface area contributed by atoms with Gasteiger partial charge in [0.25, 0.3) is 0 Å². The number of hydrogen-bond acceptors (Lipinski definition) is 3. The zero-order chi connectivity index (χ0) is 15.8. The first-order valence-electron chi connectivity index (χ1n) is 6.41. The van der Waals surface area contributed by atoms with Crippen LogP contribution in [-0.4, -0.2) is 46.9 Å². The van der Waals surface area contributed by atoms with E-state index in [1.165, 1.54) is 13.8 Å². The highest BCUT2D eigenvalue weighted by atomic mass is 35.5. The lowest BCUT2D eigenvalue weighted by molar-refractivity contribution is -0.143. The summed E-state index contributed by atoms with van der Waals surface area (Å²) in [6.07, 6.45) is -4.64. The molecule has 21 heavy (non-hydrogen) atoms. The molecule has 0 bridgehead atoms. The van der Waals surface area contributed by atoms with Gasteiger partial charge in [0.2, 0.25) is 5.91 Å². The Morgan fingerprint density at radius 3 is 2.43 bits per heavy atom. The van der Waals surface area contributed by atoms with Gasteiger partial charge in [-0.1, -0.05) is 11.6 Å². The van der Waals surface area contributed by atoms with Gasteiger partial charge in [-0.2, -0.15) is 18.3 Å². The Balaban J connectivity index is 2.27. The van der Waals surface area contributed by atoms with E-state index in [0.29, 0.717) is 26.3 Å². The Bertz CT molecular complexity index is 539. The number of amides is 1. The van der Waals surface area contributed by atoms with Gasteiger partial charge < -0.3 is 9.64 Å². The van der Waals surface area contributed by atoms with Crippen LogP contribution in [0.25, 0.3) is 0 Å². The summed E-state index contributed by atoms with van der Waals surface area (Å²) >= 11 is 5.68. The Morgan fingerprint density at radius 1 is 1.38 bits per heavy atom. The van der Waals surface area contributed by atoms with Crippen LogP contribution >= 0.6 is 11.6 Å². The fourth-order valence-electron chi connectivity index (χ4n) is 2.21. The van der Waals surface area contributed by atoms with Crippen LogP contribution in [0.3, 0.4) is 0 Å². The summed E-state index contributed by atoms with van der Waals surface area (Å²) in [6.45, 7) is 4.60. The zero-order valence-corrected chi connectivity index (χ0v) is 12.3. The molecule has 1 aliphatic heterocycles. The molecular weight excluding hydrogens is 311 g/mol. The molecule has 0 radical (unpaired) electrons. The number of halogens is 4. The van der Waals surface area contributed by atoms with E-state index in [4.69, 9.17) is 16.3 Å².